The van der Waals surface area contributed by atoms with Gasteiger partial charge in [0.1, 0.15) is 11.6 Å². The summed E-state index contributed by atoms with van der Waals surface area (Å²) in [6, 6.07) is 10.2. The summed E-state index contributed by atoms with van der Waals surface area (Å²) < 4.78 is 26.8. The molecule has 0 radical (unpaired) electrons. The molecule has 2 aromatic carbocycles. The molecule has 2 aromatic rings. The molecule has 0 bridgehead atoms. The molecule has 7 heteroatoms. The predicted molar refractivity (Wildman–Crippen MR) is 81.5 cm³/mol. The molecular formula is C16H13ClF2N2O2. The molecule has 0 aliphatic rings. The van der Waals surface area contributed by atoms with E-state index in [1.807, 2.05) is 0 Å². The lowest BCUT2D eigenvalue weighted by molar-refractivity contribution is -0.139. The van der Waals surface area contributed by atoms with Gasteiger partial charge in [-0.05, 0) is 23.8 Å². The zero-order valence-electron chi connectivity index (χ0n) is 11.9. The van der Waals surface area contributed by atoms with Gasteiger partial charge in [-0.25, -0.2) is 8.78 Å². The van der Waals surface area contributed by atoms with E-state index in [1.165, 1.54) is 6.07 Å². The molecule has 2 N–H and O–H groups in total. The minimum absolute atomic E-state index is 0.0694. The Morgan fingerprint density at radius 3 is 2.04 bits per heavy atom. The van der Waals surface area contributed by atoms with Crippen LogP contribution in [0.5, 0.6) is 0 Å². The van der Waals surface area contributed by atoms with Crippen molar-refractivity contribution in [2.75, 3.05) is 0 Å². The first kappa shape index (κ1) is 16.9. The summed E-state index contributed by atoms with van der Waals surface area (Å²) in [6.45, 7) is -0.350. The van der Waals surface area contributed by atoms with Crippen molar-refractivity contribution in [2.24, 2.45) is 0 Å². The van der Waals surface area contributed by atoms with Crippen LogP contribution in [-0.2, 0) is 22.7 Å². The predicted octanol–water partition coefficient (Wildman–Crippen LogP) is 2.55. The molecule has 2 rings (SSSR count). The number of amides is 2. The van der Waals surface area contributed by atoms with Crippen molar-refractivity contribution >= 4 is 23.4 Å². The molecule has 0 fully saturated rings. The van der Waals surface area contributed by atoms with Gasteiger partial charge in [0.05, 0.1) is 0 Å². The monoisotopic (exact) mass is 338 g/mol. The first-order chi connectivity index (χ1) is 11.0. The topological polar surface area (TPSA) is 58.2 Å². The number of carbonyl (C=O) groups is 2. The van der Waals surface area contributed by atoms with Crippen molar-refractivity contribution in [1.29, 1.82) is 0 Å². The molecule has 0 spiro atoms. The lowest BCUT2D eigenvalue weighted by Crippen LogP contribution is -2.39. The van der Waals surface area contributed by atoms with Crippen LogP contribution in [-0.4, -0.2) is 11.8 Å². The van der Waals surface area contributed by atoms with Crippen molar-refractivity contribution in [3.63, 3.8) is 0 Å². The van der Waals surface area contributed by atoms with Crippen LogP contribution in [0.15, 0.2) is 42.5 Å². The smallest absolute Gasteiger partial charge is 0.309 e. The summed E-state index contributed by atoms with van der Waals surface area (Å²) in [5, 5.41) is 5.01. The first-order valence-corrected chi connectivity index (χ1v) is 7.09. The SMILES string of the molecule is O=C(NCc1ccccc1Cl)C(=O)NCc1c(F)cccc1F. The largest absolute Gasteiger partial charge is 0.344 e. The summed E-state index contributed by atoms with van der Waals surface area (Å²) >= 11 is 5.93. The zero-order chi connectivity index (χ0) is 16.8. The highest BCUT2D eigenvalue weighted by Crippen LogP contribution is 2.14. The fourth-order valence-electron chi connectivity index (χ4n) is 1.85. The van der Waals surface area contributed by atoms with Gasteiger partial charge in [-0.1, -0.05) is 35.9 Å². The van der Waals surface area contributed by atoms with Crippen molar-refractivity contribution in [3.05, 3.63) is 70.2 Å². The molecule has 120 valence electrons. The standard InChI is InChI=1S/C16H13ClF2N2O2/c17-12-5-2-1-4-10(12)8-20-15(22)16(23)21-9-11-13(18)6-3-7-14(11)19/h1-7H,8-9H2,(H,20,22)(H,21,23). The van der Waals surface area contributed by atoms with Crippen LogP contribution in [0.4, 0.5) is 8.78 Å². The lowest BCUT2D eigenvalue weighted by Gasteiger charge is -2.08. The van der Waals surface area contributed by atoms with Crippen molar-refractivity contribution in [2.45, 2.75) is 13.1 Å². The van der Waals surface area contributed by atoms with Gasteiger partial charge in [0.2, 0.25) is 0 Å². The van der Waals surface area contributed by atoms with E-state index in [0.717, 1.165) is 12.1 Å². The molecule has 2 amide bonds. The van der Waals surface area contributed by atoms with E-state index in [1.54, 1.807) is 24.3 Å². The molecule has 0 saturated carbocycles. The molecule has 4 nitrogen and oxygen atoms in total. The van der Waals surface area contributed by atoms with E-state index in [4.69, 9.17) is 11.6 Å². The molecule has 0 atom stereocenters. The fraction of sp³-hybridized carbons (Fsp3) is 0.125. The fourth-order valence-corrected chi connectivity index (χ4v) is 2.05. The minimum Gasteiger partial charge on any atom is -0.344 e. The van der Waals surface area contributed by atoms with Crippen molar-refractivity contribution < 1.29 is 18.4 Å². The van der Waals surface area contributed by atoms with E-state index in [9.17, 15) is 18.4 Å². The van der Waals surface area contributed by atoms with Crippen LogP contribution in [0.1, 0.15) is 11.1 Å². The third-order valence-corrected chi connectivity index (χ3v) is 3.46. The highest BCUT2D eigenvalue weighted by atomic mass is 35.5. The number of hydrogen-bond acceptors (Lipinski definition) is 2. The lowest BCUT2D eigenvalue weighted by atomic mass is 10.2. The highest BCUT2D eigenvalue weighted by molar-refractivity contribution is 6.35. The third-order valence-electron chi connectivity index (χ3n) is 3.09. The van der Waals surface area contributed by atoms with Crippen LogP contribution >= 0.6 is 11.6 Å². The van der Waals surface area contributed by atoms with Crippen LogP contribution in [0, 0.1) is 11.6 Å². The Kier molecular flexibility index (Phi) is 5.65. The molecule has 0 aliphatic carbocycles. The molecule has 0 aliphatic heterocycles. The minimum atomic E-state index is -0.986. The number of halogens is 3. The second-order valence-corrected chi connectivity index (χ2v) is 5.06. The Labute approximate surface area is 136 Å². The summed E-state index contributed by atoms with van der Waals surface area (Å²) in [6.07, 6.45) is 0. The second-order valence-electron chi connectivity index (χ2n) is 4.66. The Balaban J connectivity index is 1.88. The Morgan fingerprint density at radius 1 is 0.870 bits per heavy atom. The molecule has 23 heavy (non-hydrogen) atoms. The summed E-state index contributed by atoms with van der Waals surface area (Å²) in [5.41, 5.74) is 0.343. The zero-order valence-corrected chi connectivity index (χ0v) is 12.7. The van der Waals surface area contributed by atoms with E-state index >= 15 is 0 Å². The third kappa shape index (κ3) is 4.50. The Hall–Kier alpha value is -2.47. The van der Waals surface area contributed by atoms with Gasteiger partial charge in [0, 0.05) is 23.7 Å². The van der Waals surface area contributed by atoms with E-state index in [-0.39, 0.29) is 12.1 Å². The maximum Gasteiger partial charge on any atom is 0.309 e. The van der Waals surface area contributed by atoms with E-state index < -0.39 is 30.0 Å². The number of carbonyl (C=O) groups excluding carboxylic acids is 2. The number of nitrogens with one attached hydrogen (secondary N) is 2. The van der Waals surface area contributed by atoms with Crippen LogP contribution in [0.25, 0.3) is 0 Å². The normalized spacial score (nSPS) is 10.2. The summed E-state index contributed by atoms with van der Waals surface area (Å²) in [7, 11) is 0. The van der Waals surface area contributed by atoms with Crippen molar-refractivity contribution in [1.82, 2.24) is 10.6 Å². The van der Waals surface area contributed by atoms with Crippen LogP contribution < -0.4 is 10.6 Å². The van der Waals surface area contributed by atoms with Crippen LogP contribution in [0.2, 0.25) is 5.02 Å². The molecule has 0 saturated heterocycles. The maximum absolute atomic E-state index is 13.4. The number of rotatable bonds is 4. The van der Waals surface area contributed by atoms with Crippen molar-refractivity contribution in [3.8, 4) is 0 Å². The van der Waals surface area contributed by atoms with Gasteiger partial charge in [0.25, 0.3) is 0 Å². The Bertz CT molecular complexity index is 718. The van der Waals surface area contributed by atoms with Gasteiger partial charge < -0.3 is 10.6 Å². The van der Waals surface area contributed by atoms with Gasteiger partial charge in [-0.15, -0.1) is 0 Å². The van der Waals surface area contributed by atoms with E-state index in [0.29, 0.717) is 10.6 Å². The van der Waals surface area contributed by atoms with Gasteiger partial charge in [-0.2, -0.15) is 0 Å². The number of hydrogen-bond donors (Lipinski definition) is 2. The average molecular weight is 339 g/mol. The molecule has 0 unspecified atom stereocenters. The quantitative estimate of drug-likeness (QED) is 0.842. The average Bonchev–Trinajstić information content (AvgIpc) is 2.53. The molecule has 0 aromatic heterocycles. The number of benzene rings is 2. The van der Waals surface area contributed by atoms with E-state index in [2.05, 4.69) is 10.6 Å². The highest BCUT2D eigenvalue weighted by Gasteiger charge is 2.15. The summed E-state index contributed by atoms with van der Waals surface area (Å²) in [4.78, 5) is 23.3. The molecular weight excluding hydrogens is 326 g/mol. The van der Waals surface area contributed by atoms with Crippen LogP contribution in [0.3, 0.4) is 0 Å². The van der Waals surface area contributed by atoms with Gasteiger partial charge in [-0.3, -0.25) is 9.59 Å². The first-order valence-electron chi connectivity index (χ1n) is 6.71. The maximum atomic E-state index is 13.4. The van der Waals surface area contributed by atoms with Gasteiger partial charge >= 0.3 is 11.8 Å². The van der Waals surface area contributed by atoms with Gasteiger partial charge in [0.15, 0.2) is 0 Å². The molecule has 0 heterocycles. The Morgan fingerprint density at radius 2 is 1.43 bits per heavy atom. The summed E-state index contributed by atoms with van der Waals surface area (Å²) in [5.74, 6) is -3.48. The second kappa shape index (κ2) is 7.69.